The molecule has 2 rings (SSSR count). The molecule has 0 fully saturated rings. The predicted octanol–water partition coefficient (Wildman–Crippen LogP) is 1.34. The van der Waals surface area contributed by atoms with Crippen LogP contribution < -0.4 is 16.0 Å². The Morgan fingerprint density at radius 2 is 1.70 bits per heavy atom. The molecule has 0 saturated carbocycles. The van der Waals surface area contributed by atoms with Crippen LogP contribution in [0.25, 0.3) is 0 Å². The van der Waals surface area contributed by atoms with Crippen LogP contribution in [-0.2, 0) is 21.4 Å². The molecule has 0 aliphatic heterocycles. The van der Waals surface area contributed by atoms with Gasteiger partial charge < -0.3 is 20.5 Å². The highest BCUT2D eigenvalue weighted by atomic mass is 16.2. The van der Waals surface area contributed by atoms with E-state index in [2.05, 4.69) is 16.0 Å². The fourth-order valence-electron chi connectivity index (χ4n) is 2.71. The molecule has 8 heteroatoms. The summed E-state index contributed by atoms with van der Waals surface area (Å²) in [7, 11) is 5.76. The van der Waals surface area contributed by atoms with Crippen LogP contribution in [-0.4, -0.2) is 47.8 Å². The zero-order valence-electron chi connectivity index (χ0n) is 15.9. The van der Waals surface area contributed by atoms with Gasteiger partial charge in [0.2, 0.25) is 5.91 Å². The molecule has 1 aromatic heterocycles. The second kappa shape index (κ2) is 9.00. The van der Waals surface area contributed by atoms with Crippen molar-refractivity contribution < 1.29 is 14.4 Å². The number of aryl methyl sites for hydroxylation is 1. The summed E-state index contributed by atoms with van der Waals surface area (Å²) in [4.78, 5) is 37.4. The minimum atomic E-state index is -0.764. The van der Waals surface area contributed by atoms with Gasteiger partial charge in [0.1, 0.15) is 0 Å². The van der Waals surface area contributed by atoms with Gasteiger partial charge in [0.05, 0.1) is 6.04 Å². The van der Waals surface area contributed by atoms with Crippen molar-refractivity contribution in [2.45, 2.75) is 13.0 Å². The van der Waals surface area contributed by atoms with Gasteiger partial charge in [0.25, 0.3) is 0 Å². The highest BCUT2D eigenvalue weighted by Crippen LogP contribution is 2.17. The minimum absolute atomic E-state index is 0.0650. The number of hydrogen-bond acceptors (Lipinski definition) is 4. The van der Waals surface area contributed by atoms with E-state index in [9.17, 15) is 14.4 Å². The van der Waals surface area contributed by atoms with E-state index >= 15 is 0 Å². The normalized spacial score (nSPS) is 11.7. The third kappa shape index (κ3) is 5.68. The van der Waals surface area contributed by atoms with E-state index in [1.165, 1.54) is 6.92 Å². The molecule has 8 nitrogen and oxygen atoms in total. The second-order valence-electron chi connectivity index (χ2n) is 6.45. The molecule has 1 unspecified atom stereocenters. The second-order valence-corrected chi connectivity index (χ2v) is 6.45. The predicted molar refractivity (Wildman–Crippen MR) is 104 cm³/mol. The van der Waals surface area contributed by atoms with E-state index in [0.717, 1.165) is 5.69 Å². The number of carbonyl (C=O) groups excluding carboxylic acids is 3. The van der Waals surface area contributed by atoms with E-state index in [4.69, 9.17) is 0 Å². The van der Waals surface area contributed by atoms with E-state index < -0.39 is 11.8 Å². The van der Waals surface area contributed by atoms with Gasteiger partial charge in [-0.3, -0.25) is 19.3 Å². The van der Waals surface area contributed by atoms with Crippen molar-refractivity contribution in [2.24, 2.45) is 7.05 Å². The Bertz CT molecular complexity index is 828. The van der Waals surface area contributed by atoms with Crippen molar-refractivity contribution in [1.82, 2.24) is 14.8 Å². The first-order valence-electron chi connectivity index (χ1n) is 8.52. The average molecular weight is 371 g/mol. The number of anilines is 2. The number of nitrogens with zero attached hydrogens (tertiary/aromatic N) is 2. The molecule has 144 valence electrons. The number of rotatable bonds is 6. The number of amides is 3. The van der Waals surface area contributed by atoms with E-state index in [0.29, 0.717) is 17.9 Å². The molecule has 0 aliphatic rings. The molecule has 0 bridgehead atoms. The monoisotopic (exact) mass is 371 g/mol. The summed E-state index contributed by atoms with van der Waals surface area (Å²) in [5, 5.41) is 7.83. The Morgan fingerprint density at radius 1 is 1.04 bits per heavy atom. The van der Waals surface area contributed by atoms with E-state index in [1.54, 1.807) is 24.3 Å². The van der Waals surface area contributed by atoms with Gasteiger partial charge in [-0.05, 0) is 44.4 Å². The number of likely N-dealkylation sites (N-methyl/N-ethyl adjacent to an activating group) is 1. The van der Waals surface area contributed by atoms with Crippen LogP contribution >= 0.6 is 0 Å². The lowest BCUT2D eigenvalue weighted by atomic mass is 10.2. The highest BCUT2D eigenvalue weighted by molar-refractivity contribution is 6.39. The van der Waals surface area contributed by atoms with Gasteiger partial charge in [-0.1, -0.05) is 6.07 Å². The highest BCUT2D eigenvalue weighted by Gasteiger charge is 2.20. The third-order valence-corrected chi connectivity index (χ3v) is 4.05. The molecule has 2 aromatic rings. The fraction of sp³-hybridized carbons (Fsp3) is 0.316. The number of hydrogen-bond donors (Lipinski definition) is 3. The Balaban J connectivity index is 1.96. The topological polar surface area (TPSA) is 95.5 Å². The smallest absolute Gasteiger partial charge is 0.313 e. The minimum Gasteiger partial charge on any atom is -0.353 e. The SMILES string of the molecule is CC(=O)Nc1cccc(NC(=O)C(=O)NCC(c2cccn2C)N(C)C)c1. The maximum Gasteiger partial charge on any atom is 0.313 e. The first kappa shape index (κ1) is 20.2. The van der Waals surface area contributed by atoms with Crippen molar-refractivity contribution in [3.63, 3.8) is 0 Å². The standard InChI is InChI=1S/C19H25N5O3/c1-13(25)21-14-7-5-8-15(11-14)22-19(27)18(26)20-12-17(23(2)3)16-9-6-10-24(16)4/h5-11,17H,12H2,1-4H3,(H,20,26)(H,21,25)(H,22,27). The molecule has 0 radical (unpaired) electrons. The van der Waals surface area contributed by atoms with Crippen molar-refractivity contribution in [1.29, 1.82) is 0 Å². The first-order valence-corrected chi connectivity index (χ1v) is 8.52. The van der Waals surface area contributed by atoms with E-state index in [1.807, 2.05) is 48.9 Å². The lowest BCUT2D eigenvalue weighted by Crippen LogP contribution is -2.40. The molecule has 0 spiro atoms. The van der Waals surface area contributed by atoms with Gasteiger partial charge in [-0.25, -0.2) is 0 Å². The quantitative estimate of drug-likeness (QED) is 0.668. The lowest BCUT2D eigenvalue weighted by molar-refractivity contribution is -0.136. The van der Waals surface area contributed by atoms with Gasteiger partial charge in [0.15, 0.2) is 0 Å². The maximum absolute atomic E-state index is 12.2. The Hall–Kier alpha value is -3.13. The molecule has 3 amide bonds. The van der Waals surface area contributed by atoms with Gasteiger partial charge in [0, 0.05) is 43.8 Å². The molecule has 0 aliphatic carbocycles. The van der Waals surface area contributed by atoms with Gasteiger partial charge in [-0.2, -0.15) is 0 Å². The summed E-state index contributed by atoms with van der Waals surface area (Å²) in [5.74, 6) is -1.70. The van der Waals surface area contributed by atoms with Gasteiger partial charge in [-0.15, -0.1) is 0 Å². The van der Waals surface area contributed by atoms with Crippen LogP contribution in [0.3, 0.4) is 0 Å². The number of aromatic nitrogens is 1. The van der Waals surface area contributed by atoms with Crippen molar-refractivity contribution >= 4 is 29.1 Å². The molecular weight excluding hydrogens is 346 g/mol. The average Bonchev–Trinajstić information content (AvgIpc) is 3.00. The van der Waals surface area contributed by atoms with Crippen LogP contribution in [0.15, 0.2) is 42.6 Å². The Kier molecular flexibility index (Phi) is 6.73. The molecule has 1 heterocycles. The van der Waals surface area contributed by atoms with Crippen LogP contribution in [0.2, 0.25) is 0 Å². The van der Waals surface area contributed by atoms with Crippen LogP contribution in [0, 0.1) is 0 Å². The van der Waals surface area contributed by atoms with E-state index in [-0.39, 0.29) is 11.9 Å². The molecule has 3 N–H and O–H groups in total. The Labute approximate surface area is 158 Å². The fourth-order valence-corrected chi connectivity index (χ4v) is 2.71. The molecule has 1 atom stereocenters. The summed E-state index contributed by atoms with van der Waals surface area (Å²) in [6, 6.07) is 10.4. The zero-order chi connectivity index (χ0) is 20.0. The molecule has 1 aromatic carbocycles. The summed E-state index contributed by atoms with van der Waals surface area (Å²) in [5.41, 5.74) is 1.99. The van der Waals surface area contributed by atoms with Crippen LogP contribution in [0.1, 0.15) is 18.7 Å². The van der Waals surface area contributed by atoms with Gasteiger partial charge >= 0.3 is 11.8 Å². The van der Waals surface area contributed by atoms with Crippen LogP contribution in [0.4, 0.5) is 11.4 Å². The summed E-state index contributed by atoms with van der Waals surface area (Å²) in [6.07, 6.45) is 1.93. The van der Waals surface area contributed by atoms with Crippen LogP contribution in [0.5, 0.6) is 0 Å². The first-order chi connectivity index (χ1) is 12.8. The van der Waals surface area contributed by atoms with Crippen molar-refractivity contribution in [3.05, 3.63) is 48.3 Å². The molecular formula is C19H25N5O3. The zero-order valence-corrected chi connectivity index (χ0v) is 15.9. The Morgan fingerprint density at radius 3 is 2.26 bits per heavy atom. The van der Waals surface area contributed by atoms with Crippen molar-refractivity contribution in [2.75, 3.05) is 31.3 Å². The number of carbonyl (C=O) groups is 3. The maximum atomic E-state index is 12.2. The largest absolute Gasteiger partial charge is 0.353 e. The molecule has 0 saturated heterocycles. The summed E-state index contributed by atoms with van der Waals surface area (Å²) in [6.45, 7) is 1.69. The number of nitrogens with one attached hydrogen (secondary N) is 3. The van der Waals surface area contributed by atoms with Crippen molar-refractivity contribution in [3.8, 4) is 0 Å². The summed E-state index contributed by atoms with van der Waals surface area (Å²) < 4.78 is 1.98. The number of benzene rings is 1. The molecule has 27 heavy (non-hydrogen) atoms. The summed E-state index contributed by atoms with van der Waals surface area (Å²) >= 11 is 0. The lowest BCUT2D eigenvalue weighted by Gasteiger charge is -2.25. The third-order valence-electron chi connectivity index (χ3n) is 4.05.